The smallest absolute Gasteiger partial charge is 0.276 e. The van der Waals surface area contributed by atoms with E-state index in [-0.39, 0.29) is 17.1 Å². The molecule has 1 atom stereocenters. The number of nitrogens with zero attached hydrogens (tertiary/aromatic N) is 1. The molecule has 0 bridgehead atoms. The molecule has 1 N–H and O–H groups in total. The summed E-state index contributed by atoms with van der Waals surface area (Å²) in [5, 5.41) is 20.0. The zero-order valence-corrected chi connectivity index (χ0v) is 9.33. The summed E-state index contributed by atoms with van der Waals surface area (Å²) in [7, 11) is 0. The monoisotopic (exact) mass is 279 g/mol. The van der Waals surface area contributed by atoms with Gasteiger partial charge in [0.05, 0.1) is 22.5 Å². The maximum absolute atomic E-state index is 10.6. The summed E-state index contributed by atoms with van der Waals surface area (Å²) in [5.41, 5.74) is 0.0979. The second-order valence-electron chi connectivity index (χ2n) is 2.63. The third kappa shape index (κ3) is 2.43. The molecule has 14 heavy (non-hydrogen) atoms. The first kappa shape index (κ1) is 11.4. The minimum Gasteiger partial charge on any atom is -0.387 e. The second-order valence-corrected chi connectivity index (χ2v) is 3.85. The van der Waals surface area contributed by atoms with Gasteiger partial charge in [0.2, 0.25) is 0 Å². The number of rotatable bonds is 3. The van der Waals surface area contributed by atoms with Crippen LogP contribution in [-0.2, 0) is 0 Å². The van der Waals surface area contributed by atoms with E-state index in [4.69, 9.17) is 11.6 Å². The van der Waals surface area contributed by atoms with E-state index in [0.717, 1.165) is 0 Å². The van der Waals surface area contributed by atoms with Crippen molar-refractivity contribution in [1.29, 1.82) is 0 Å². The molecular weight excluding hydrogens is 273 g/mol. The van der Waals surface area contributed by atoms with E-state index >= 15 is 0 Å². The van der Waals surface area contributed by atoms with Gasteiger partial charge in [-0.15, -0.1) is 11.6 Å². The predicted molar refractivity (Wildman–Crippen MR) is 56.5 cm³/mol. The average molecular weight is 281 g/mol. The van der Waals surface area contributed by atoms with Crippen molar-refractivity contribution >= 4 is 33.2 Å². The van der Waals surface area contributed by atoms with Crippen LogP contribution in [0.15, 0.2) is 22.7 Å². The Morgan fingerprint density at radius 2 is 2.29 bits per heavy atom. The van der Waals surface area contributed by atoms with Crippen LogP contribution in [0.1, 0.15) is 11.7 Å². The molecule has 0 amide bonds. The number of halogens is 2. The van der Waals surface area contributed by atoms with E-state index < -0.39 is 11.0 Å². The van der Waals surface area contributed by atoms with Crippen LogP contribution in [0, 0.1) is 10.1 Å². The highest BCUT2D eigenvalue weighted by molar-refractivity contribution is 9.10. The van der Waals surface area contributed by atoms with E-state index in [1.807, 2.05) is 0 Å². The molecule has 0 aliphatic rings. The van der Waals surface area contributed by atoms with E-state index in [9.17, 15) is 15.2 Å². The molecule has 1 aromatic carbocycles. The van der Waals surface area contributed by atoms with Gasteiger partial charge in [-0.25, -0.2) is 0 Å². The van der Waals surface area contributed by atoms with Gasteiger partial charge >= 0.3 is 0 Å². The number of nitro benzene ring substituents is 1. The number of benzene rings is 1. The molecule has 0 heterocycles. The summed E-state index contributed by atoms with van der Waals surface area (Å²) in [6, 6.07) is 4.44. The third-order valence-electron chi connectivity index (χ3n) is 1.69. The van der Waals surface area contributed by atoms with Gasteiger partial charge in [0.15, 0.2) is 0 Å². The topological polar surface area (TPSA) is 63.4 Å². The molecule has 0 radical (unpaired) electrons. The van der Waals surface area contributed by atoms with Crippen molar-refractivity contribution in [3.8, 4) is 0 Å². The van der Waals surface area contributed by atoms with Gasteiger partial charge in [0.25, 0.3) is 5.69 Å². The number of aliphatic hydroxyl groups excluding tert-OH is 1. The highest BCUT2D eigenvalue weighted by Gasteiger charge is 2.19. The number of hydrogen-bond acceptors (Lipinski definition) is 3. The van der Waals surface area contributed by atoms with Crippen molar-refractivity contribution < 1.29 is 10.0 Å². The van der Waals surface area contributed by atoms with Crippen LogP contribution >= 0.6 is 27.5 Å². The maximum Gasteiger partial charge on any atom is 0.276 e. The summed E-state index contributed by atoms with van der Waals surface area (Å²) >= 11 is 8.54. The van der Waals surface area contributed by atoms with E-state index in [1.54, 1.807) is 6.07 Å². The van der Waals surface area contributed by atoms with Crippen molar-refractivity contribution in [2.45, 2.75) is 6.10 Å². The molecule has 4 nitrogen and oxygen atoms in total. The van der Waals surface area contributed by atoms with Crippen LogP contribution in [-0.4, -0.2) is 15.9 Å². The number of aliphatic hydroxyl groups is 1. The molecule has 0 aliphatic carbocycles. The Morgan fingerprint density at radius 1 is 1.64 bits per heavy atom. The fraction of sp³-hybridized carbons (Fsp3) is 0.250. The summed E-state index contributed by atoms with van der Waals surface area (Å²) in [4.78, 5) is 10.1. The van der Waals surface area contributed by atoms with Gasteiger partial charge in [0.1, 0.15) is 0 Å². The summed E-state index contributed by atoms with van der Waals surface area (Å²) in [6.45, 7) is 0. The van der Waals surface area contributed by atoms with Crippen LogP contribution in [0.25, 0.3) is 0 Å². The van der Waals surface area contributed by atoms with Crippen molar-refractivity contribution in [2.24, 2.45) is 0 Å². The summed E-state index contributed by atoms with van der Waals surface area (Å²) in [5.74, 6) is -0.0670. The quantitative estimate of drug-likeness (QED) is 0.526. The minimum absolute atomic E-state index is 0.0670. The molecule has 0 aliphatic heterocycles. The average Bonchev–Trinajstić information content (AvgIpc) is 2.16. The molecule has 0 saturated carbocycles. The van der Waals surface area contributed by atoms with Crippen LogP contribution < -0.4 is 0 Å². The Balaban J connectivity index is 3.21. The van der Waals surface area contributed by atoms with E-state index in [1.165, 1.54) is 12.1 Å². The molecule has 0 saturated heterocycles. The van der Waals surface area contributed by atoms with Gasteiger partial charge in [-0.3, -0.25) is 10.1 Å². The van der Waals surface area contributed by atoms with Crippen molar-refractivity contribution in [3.63, 3.8) is 0 Å². The van der Waals surface area contributed by atoms with Crippen LogP contribution in [0.4, 0.5) is 5.69 Å². The Hall–Kier alpha value is -0.650. The number of alkyl halides is 1. The summed E-state index contributed by atoms with van der Waals surface area (Å²) in [6.07, 6.45) is -1.01. The van der Waals surface area contributed by atoms with Crippen LogP contribution in [0.3, 0.4) is 0 Å². The van der Waals surface area contributed by atoms with Crippen LogP contribution in [0.5, 0.6) is 0 Å². The largest absolute Gasteiger partial charge is 0.387 e. The fourth-order valence-corrected chi connectivity index (χ4v) is 1.56. The molecule has 76 valence electrons. The molecule has 6 heteroatoms. The highest BCUT2D eigenvalue weighted by Crippen LogP contribution is 2.28. The lowest BCUT2D eigenvalue weighted by Gasteiger charge is -2.07. The van der Waals surface area contributed by atoms with Crippen LogP contribution in [0.2, 0.25) is 0 Å². The molecule has 0 spiro atoms. The normalized spacial score (nSPS) is 12.5. The lowest BCUT2D eigenvalue weighted by atomic mass is 10.1. The predicted octanol–water partition coefficient (Wildman–Crippen LogP) is 2.63. The second kappa shape index (κ2) is 4.72. The SMILES string of the molecule is O=[N+]([O-])c1cc(Br)ccc1C(O)CCl. The fourth-order valence-electron chi connectivity index (χ4n) is 1.04. The van der Waals surface area contributed by atoms with Gasteiger partial charge in [-0.05, 0) is 12.1 Å². The molecule has 0 aromatic heterocycles. The van der Waals surface area contributed by atoms with Gasteiger partial charge in [-0.2, -0.15) is 0 Å². The lowest BCUT2D eigenvalue weighted by Crippen LogP contribution is -2.03. The highest BCUT2D eigenvalue weighted by atomic mass is 79.9. The molecule has 1 aromatic rings. The number of hydrogen-bond donors (Lipinski definition) is 1. The molecular formula is C8H7BrClNO3. The molecule has 0 fully saturated rings. The Labute approximate surface area is 93.8 Å². The minimum atomic E-state index is -1.01. The maximum atomic E-state index is 10.6. The molecule has 1 unspecified atom stereocenters. The van der Waals surface area contributed by atoms with Gasteiger partial charge in [-0.1, -0.05) is 15.9 Å². The number of nitro groups is 1. The Bertz CT molecular complexity index is 358. The lowest BCUT2D eigenvalue weighted by molar-refractivity contribution is -0.386. The van der Waals surface area contributed by atoms with Gasteiger partial charge in [0, 0.05) is 10.5 Å². The molecule has 1 rings (SSSR count). The zero-order chi connectivity index (χ0) is 10.7. The zero-order valence-electron chi connectivity index (χ0n) is 6.98. The first-order valence-corrected chi connectivity index (χ1v) is 5.07. The standard InChI is InChI=1S/C8H7BrClNO3/c9-5-1-2-6(8(12)4-10)7(3-5)11(13)14/h1-3,8,12H,4H2. The third-order valence-corrected chi connectivity index (χ3v) is 2.48. The van der Waals surface area contributed by atoms with E-state index in [2.05, 4.69) is 15.9 Å². The first-order chi connectivity index (χ1) is 6.56. The summed E-state index contributed by atoms with van der Waals surface area (Å²) < 4.78 is 0.592. The van der Waals surface area contributed by atoms with Gasteiger partial charge < -0.3 is 5.11 Å². The Morgan fingerprint density at radius 3 is 2.79 bits per heavy atom. The van der Waals surface area contributed by atoms with Crippen molar-refractivity contribution in [3.05, 3.63) is 38.3 Å². The first-order valence-electron chi connectivity index (χ1n) is 3.74. The van der Waals surface area contributed by atoms with Crippen molar-refractivity contribution in [1.82, 2.24) is 0 Å². The Kier molecular flexibility index (Phi) is 3.86. The van der Waals surface area contributed by atoms with E-state index in [0.29, 0.717) is 4.47 Å². The van der Waals surface area contributed by atoms with Crippen molar-refractivity contribution in [2.75, 3.05) is 5.88 Å².